The summed E-state index contributed by atoms with van der Waals surface area (Å²) in [5.74, 6) is -1.62. The van der Waals surface area contributed by atoms with Gasteiger partial charge in [-0.05, 0) is 25.1 Å². The summed E-state index contributed by atoms with van der Waals surface area (Å²) < 4.78 is 31.8. The summed E-state index contributed by atoms with van der Waals surface area (Å²) in [6.07, 6.45) is 0. The number of nitrogen functional groups attached to an aromatic ring is 1. The van der Waals surface area contributed by atoms with E-state index in [1.54, 1.807) is 6.92 Å². The van der Waals surface area contributed by atoms with Crippen LogP contribution in [-0.2, 0) is 10.5 Å². The lowest BCUT2D eigenvalue weighted by Crippen LogP contribution is -2.05. The number of hydrogen-bond donors (Lipinski definition) is 1. The highest BCUT2D eigenvalue weighted by molar-refractivity contribution is 7.98. The van der Waals surface area contributed by atoms with Gasteiger partial charge in [0.25, 0.3) is 0 Å². The Morgan fingerprint density at radius 3 is 2.87 bits per heavy atom. The van der Waals surface area contributed by atoms with Crippen molar-refractivity contribution < 1.29 is 18.3 Å². The second kappa shape index (κ2) is 7.44. The normalized spacial score (nSPS) is 10.3. The lowest BCUT2D eigenvalue weighted by Gasteiger charge is -2.06. The number of carbonyl (C=O) groups is 1. The van der Waals surface area contributed by atoms with Gasteiger partial charge in [0.2, 0.25) is 0 Å². The summed E-state index contributed by atoms with van der Waals surface area (Å²) in [5.41, 5.74) is 6.30. The number of carbonyl (C=O) groups excluding carboxylic acids is 1. The average Bonchev–Trinajstić information content (AvgIpc) is 2.84. The van der Waals surface area contributed by atoms with Gasteiger partial charge in [0.05, 0.1) is 12.2 Å². The maximum absolute atomic E-state index is 13.7. The van der Waals surface area contributed by atoms with E-state index in [0.29, 0.717) is 5.56 Å². The van der Waals surface area contributed by atoms with Crippen molar-refractivity contribution in [1.29, 1.82) is 5.26 Å². The fraction of sp³-hybridized carbons (Fsp3) is 0.200. The molecule has 8 heteroatoms. The topological polar surface area (TPSA) is 76.1 Å². The number of esters is 1. The highest BCUT2D eigenvalue weighted by Crippen LogP contribution is 2.36. The number of ether oxygens (including phenoxy) is 1. The lowest BCUT2D eigenvalue weighted by atomic mass is 10.2. The Labute approximate surface area is 139 Å². The number of halogens is 2. The van der Waals surface area contributed by atoms with Crippen molar-refractivity contribution in [2.45, 2.75) is 17.6 Å². The predicted octanol–water partition coefficient (Wildman–Crippen LogP) is 3.95. The number of anilines is 1. The van der Waals surface area contributed by atoms with Gasteiger partial charge in [0.15, 0.2) is 0 Å². The molecule has 0 amide bonds. The quantitative estimate of drug-likeness (QED) is 0.650. The molecule has 0 aliphatic rings. The molecular weight excluding hydrogens is 342 g/mol. The van der Waals surface area contributed by atoms with Gasteiger partial charge in [-0.15, -0.1) is 23.1 Å². The number of hydrogen-bond acceptors (Lipinski definition) is 6. The molecule has 2 rings (SSSR count). The van der Waals surface area contributed by atoms with Crippen LogP contribution in [-0.4, -0.2) is 12.6 Å². The van der Waals surface area contributed by atoms with Crippen LogP contribution in [0.25, 0.3) is 0 Å². The zero-order valence-corrected chi connectivity index (χ0v) is 13.7. The zero-order chi connectivity index (χ0) is 17.0. The van der Waals surface area contributed by atoms with Crippen molar-refractivity contribution in [2.24, 2.45) is 0 Å². The van der Waals surface area contributed by atoms with Crippen LogP contribution in [0.3, 0.4) is 0 Å². The molecule has 0 saturated carbocycles. The summed E-state index contributed by atoms with van der Waals surface area (Å²) >= 11 is 1.94. The number of nitrogens with zero attached hydrogens (tertiary/aromatic N) is 1. The van der Waals surface area contributed by atoms with Gasteiger partial charge in [0, 0.05) is 16.2 Å². The molecule has 0 spiro atoms. The molecule has 23 heavy (non-hydrogen) atoms. The molecule has 0 aliphatic carbocycles. The summed E-state index contributed by atoms with van der Waals surface area (Å²) in [6.45, 7) is 1.85. The number of thiophene rings is 1. The van der Waals surface area contributed by atoms with Gasteiger partial charge < -0.3 is 10.5 Å². The van der Waals surface area contributed by atoms with Crippen molar-refractivity contribution in [3.63, 3.8) is 0 Å². The lowest BCUT2D eigenvalue weighted by molar-refractivity contribution is 0.0531. The number of nitrogens with two attached hydrogens (primary N) is 1. The molecule has 4 nitrogen and oxygen atoms in total. The number of nitriles is 1. The van der Waals surface area contributed by atoms with E-state index in [1.807, 2.05) is 6.07 Å². The van der Waals surface area contributed by atoms with Crippen molar-refractivity contribution in [3.8, 4) is 6.07 Å². The van der Waals surface area contributed by atoms with E-state index in [9.17, 15) is 18.8 Å². The molecule has 0 radical (unpaired) electrons. The first-order valence-corrected chi connectivity index (χ1v) is 8.34. The SMILES string of the molecule is CCOC(=O)c1sc(N)c(C#N)c1CSc1cc(F)ccc1F. The molecule has 0 fully saturated rings. The van der Waals surface area contributed by atoms with E-state index in [1.165, 1.54) is 0 Å². The zero-order valence-electron chi connectivity index (χ0n) is 12.1. The van der Waals surface area contributed by atoms with Crippen LogP contribution in [0.4, 0.5) is 13.8 Å². The maximum Gasteiger partial charge on any atom is 0.348 e. The molecule has 1 heterocycles. The second-order valence-corrected chi connectivity index (χ2v) is 6.41. The molecule has 1 aromatic carbocycles. The van der Waals surface area contributed by atoms with Crippen LogP contribution in [0, 0.1) is 23.0 Å². The Morgan fingerprint density at radius 1 is 1.48 bits per heavy atom. The van der Waals surface area contributed by atoms with Crippen molar-refractivity contribution >= 4 is 34.1 Å². The molecular formula is C15H12F2N2O2S2. The molecule has 0 unspecified atom stereocenters. The third kappa shape index (κ3) is 3.81. The Kier molecular flexibility index (Phi) is 5.58. The van der Waals surface area contributed by atoms with E-state index < -0.39 is 17.6 Å². The summed E-state index contributed by atoms with van der Waals surface area (Å²) in [6, 6.07) is 5.05. The van der Waals surface area contributed by atoms with Crippen LogP contribution in [0.5, 0.6) is 0 Å². The Bertz CT molecular complexity index is 785. The maximum atomic E-state index is 13.7. The molecule has 0 atom stereocenters. The minimum atomic E-state index is -0.582. The monoisotopic (exact) mass is 354 g/mol. The van der Waals surface area contributed by atoms with Crippen LogP contribution >= 0.6 is 23.1 Å². The highest BCUT2D eigenvalue weighted by Gasteiger charge is 2.23. The van der Waals surface area contributed by atoms with Crippen LogP contribution in [0.15, 0.2) is 23.1 Å². The van der Waals surface area contributed by atoms with Gasteiger partial charge in [-0.25, -0.2) is 13.6 Å². The van der Waals surface area contributed by atoms with Gasteiger partial charge in [-0.2, -0.15) is 5.26 Å². The molecule has 0 aliphatic heterocycles. The average molecular weight is 354 g/mol. The molecule has 0 saturated heterocycles. The van der Waals surface area contributed by atoms with Crippen LogP contribution in [0.2, 0.25) is 0 Å². The first-order valence-electron chi connectivity index (χ1n) is 6.54. The minimum absolute atomic E-state index is 0.0912. The first-order chi connectivity index (χ1) is 11.0. The second-order valence-electron chi connectivity index (χ2n) is 4.34. The fourth-order valence-corrected chi connectivity index (χ4v) is 3.86. The predicted molar refractivity (Wildman–Crippen MR) is 85.3 cm³/mol. The van der Waals surface area contributed by atoms with E-state index in [4.69, 9.17) is 10.5 Å². The van der Waals surface area contributed by atoms with E-state index in [2.05, 4.69) is 0 Å². The van der Waals surface area contributed by atoms with Crippen molar-refractivity contribution in [1.82, 2.24) is 0 Å². The molecule has 2 aromatic rings. The smallest absolute Gasteiger partial charge is 0.348 e. The van der Waals surface area contributed by atoms with E-state index in [0.717, 1.165) is 41.3 Å². The largest absolute Gasteiger partial charge is 0.462 e. The molecule has 2 N–H and O–H groups in total. The fourth-order valence-electron chi connectivity index (χ4n) is 1.84. The third-order valence-corrected chi connectivity index (χ3v) is 4.97. The molecule has 1 aromatic heterocycles. The first kappa shape index (κ1) is 17.2. The minimum Gasteiger partial charge on any atom is -0.462 e. The number of benzene rings is 1. The summed E-state index contributed by atoms with van der Waals surface area (Å²) in [4.78, 5) is 12.3. The van der Waals surface area contributed by atoms with Crippen molar-refractivity contribution in [2.75, 3.05) is 12.3 Å². The van der Waals surface area contributed by atoms with Crippen LogP contribution < -0.4 is 5.73 Å². The molecule has 0 bridgehead atoms. The summed E-state index contributed by atoms with van der Waals surface area (Å²) in [7, 11) is 0. The Hall–Kier alpha value is -2.11. The third-order valence-electron chi connectivity index (χ3n) is 2.87. The number of rotatable bonds is 5. The van der Waals surface area contributed by atoms with E-state index >= 15 is 0 Å². The Morgan fingerprint density at radius 2 is 2.22 bits per heavy atom. The van der Waals surface area contributed by atoms with Gasteiger partial charge in [-0.1, -0.05) is 0 Å². The Balaban J connectivity index is 2.33. The van der Waals surface area contributed by atoms with Crippen LogP contribution in [0.1, 0.15) is 27.7 Å². The summed E-state index contributed by atoms with van der Waals surface area (Å²) in [5, 5.41) is 9.40. The van der Waals surface area contributed by atoms with Crippen molar-refractivity contribution in [3.05, 3.63) is 45.8 Å². The standard InChI is InChI=1S/C15H12F2N2O2S2/c1-2-21-15(20)13-10(9(6-18)14(19)23-13)7-22-12-5-8(16)3-4-11(12)17/h3-5H,2,7,19H2,1H3. The number of thioether (sulfide) groups is 1. The highest BCUT2D eigenvalue weighted by atomic mass is 32.2. The van der Waals surface area contributed by atoms with E-state index in [-0.39, 0.29) is 32.7 Å². The van der Waals surface area contributed by atoms with Gasteiger partial charge in [-0.3, -0.25) is 0 Å². The van der Waals surface area contributed by atoms with Gasteiger partial charge in [0.1, 0.15) is 27.6 Å². The molecule has 120 valence electrons. The van der Waals surface area contributed by atoms with Gasteiger partial charge >= 0.3 is 5.97 Å².